The number of hydrogen-bond donors (Lipinski definition) is 2. The van der Waals surface area contributed by atoms with E-state index in [1.165, 1.54) is 0 Å². The van der Waals surface area contributed by atoms with Gasteiger partial charge in [-0.2, -0.15) is 0 Å². The van der Waals surface area contributed by atoms with Gasteiger partial charge in [0, 0.05) is 17.3 Å². The maximum atomic E-state index is 11.8. The molecular weight excluding hydrogens is 278 g/mol. The standard InChI is InChI=1S/C14H18ClN3O2/c1-3-16-7-10-6-11(15)4-5-12(10)18-8-13(19)17-14(20)9(18)2/h4-6,9,16H,3,7-8H2,1-2H3,(H,17,19,20). The van der Waals surface area contributed by atoms with E-state index in [9.17, 15) is 9.59 Å². The van der Waals surface area contributed by atoms with E-state index in [-0.39, 0.29) is 24.4 Å². The fourth-order valence-corrected chi connectivity index (χ4v) is 2.44. The van der Waals surface area contributed by atoms with E-state index in [0.29, 0.717) is 11.6 Å². The van der Waals surface area contributed by atoms with Crippen molar-refractivity contribution in [3.05, 3.63) is 28.8 Å². The van der Waals surface area contributed by atoms with Crippen molar-refractivity contribution in [1.82, 2.24) is 10.6 Å². The van der Waals surface area contributed by atoms with E-state index in [2.05, 4.69) is 10.6 Å². The first kappa shape index (κ1) is 14.8. The van der Waals surface area contributed by atoms with Crippen LogP contribution in [0.2, 0.25) is 5.02 Å². The summed E-state index contributed by atoms with van der Waals surface area (Å²) in [5.41, 5.74) is 1.85. The van der Waals surface area contributed by atoms with Crippen molar-refractivity contribution in [3.8, 4) is 0 Å². The summed E-state index contributed by atoms with van der Waals surface area (Å²) in [6, 6.07) is 5.12. The number of carbonyl (C=O) groups excluding carboxylic acids is 2. The zero-order valence-corrected chi connectivity index (χ0v) is 12.3. The molecule has 1 saturated heterocycles. The second kappa shape index (κ2) is 6.24. The van der Waals surface area contributed by atoms with Gasteiger partial charge in [0.1, 0.15) is 6.04 Å². The number of nitrogens with zero attached hydrogens (tertiary/aromatic N) is 1. The third kappa shape index (κ3) is 3.11. The molecule has 1 aromatic rings. The number of hydrogen-bond acceptors (Lipinski definition) is 4. The lowest BCUT2D eigenvalue weighted by Crippen LogP contribution is -2.57. The highest BCUT2D eigenvalue weighted by Crippen LogP contribution is 2.27. The third-order valence-corrected chi connectivity index (χ3v) is 3.58. The molecule has 0 saturated carbocycles. The fourth-order valence-electron chi connectivity index (χ4n) is 2.24. The van der Waals surface area contributed by atoms with Crippen LogP contribution in [0.4, 0.5) is 5.69 Å². The summed E-state index contributed by atoms with van der Waals surface area (Å²) < 4.78 is 0. The minimum absolute atomic E-state index is 0.174. The van der Waals surface area contributed by atoms with Gasteiger partial charge < -0.3 is 10.2 Å². The molecule has 1 heterocycles. The van der Waals surface area contributed by atoms with Crippen LogP contribution in [0.3, 0.4) is 0 Å². The molecule has 1 unspecified atom stereocenters. The number of piperazine rings is 1. The summed E-state index contributed by atoms with van der Waals surface area (Å²) in [6.45, 7) is 5.46. The number of nitrogens with one attached hydrogen (secondary N) is 2. The van der Waals surface area contributed by atoms with Crippen molar-refractivity contribution in [2.24, 2.45) is 0 Å². The molecular formula is C14H18ClN3O2. The lowest BCUT2D eigenvalue weighted by Gasteiger charge is -2.35. The number of anilines is 1. The van der Waals surface area contributed by atoms with Crippen LogP contribution in [0.15, 0.2) is 18.2 Å². The van der Waals surface area contributed by atoms with Crippen molar-refractivity contribution >= 4 is 29.1 Å². The Morgan fingerprint density at radius 1 is 1.45 bits per heavy atom. The highest BCUT2D eigenvalue weighted by Gasteiger charge is 2.31. The molecule has 6 heteroatoms. The van der Waals surface area contributed by atoms with Crippen LogP contribution >= 0.6 is 11.6 Å². The molecule has 0 bridgehead atoms. The normalized spacial score (nSPS) is 19.1. The molecule has 0 aliphatic carbocycles. The average molecular weight is 296 g/mol. The first-order valence-corrected chi connectivity index (χ1v) is 7.00. The Morgan fingerprint density at radius 3 is 2.90 bits per heavy atom. The zero-order valence-electron chi connectivity index (χ0n) is 11.6. The van der Waals surface area contributed by atoms with Gasteiger partial charge in [-0.25, -0.2) is 0 Å². The Morgan fingerprint density at radius 2 is 2.20 bits per heavy atom. The monoisotopic (exact) mass is 295 g/mol. The van der Waals surface area contributed by atoms with Crippen molar-refractivity contribution in [3.63, 3.8) is 0 Å². The smallest absolute Gasteiger partial charge is 0.249 e. The summed E-state index contributed by atoms with van der Waals surface area (Å²) in [5.74, 6) is -0.553. The topological polar surface area (TPSA) is 61.4 Å². The van der Waals surface area contributed by atoms with Crippen LogP contribution in [-0.2, 0) is 16.1 Å². The van der Waals surface area contributed by atoms with Crippen molar-refractivity contribution in [2.75, 3.05) is 18.0 Å². The van der Waals surface area contributed by atoms with Crippen molar-refractivity contribution in [1.29, 1.82) is 0 Å². The second-order valence-electron chi connectivity index (χ2n) is 4.77. The molecule has 1 atom stereocenters. The molecule has 108 valence electrons. The largest absolute Gasteiger partial charge is 0.350 e. The van der Waals surface area contributed by atoms with Gasteiger partial charge in [-0.1, -0.05) is 18.5 Å². The summed E-state index contributed by atoms with van der Waals surface area (Å²) in [7, 11) is 0. The quantitative estimate of drug-likeness (QED) is 0.822. The highest BCUT2D eigenvalue weighted by molar-refractivity contribution is 6.30. The maximum absolute atomic E-state index is 11.8. The fraction of sp³-hybridized carbons (Fsp3) is 0.429. The lowest BCUT2D eigenvalue weighted by atomic mass is 10.1. The first-order valence-electron chi connectivity index (χ1n) is 6.62. The molecule has 5 nitrogen and oxygen atoms in total. The Balaban J connectivity index is 2.34. The van der Waals surface area contributed by atoms with E-state index in [0.717, 1.165) is 17.8 Å². The second-order valence-corrected chi connectivity index (χ2v) is 5.21. The SMILES string of the molecule is CCNCc1cc(Cl)ccc1N1CC(=O)NC(=O)C1C. The van der Waals surface area contributed by atoms with Crippen LogP contribution in [0.5, 0.6) is 0 Å². The van der Waals surface area contributed by atoms with E-state index < -0.39 is 0 Å². The Bertz CT molecular complexity index is 533. The Kier molecular flexibility index (Phi) is 4.62. The predicted octanol–water partition coefficient (Wildman–Crippen LogP) is 1.30. The summed E-state index contributed by atoms with van der Waals surface area (Å²) in [5, 5.41) is 6.22. The zero-order chi connectivity index (χ0) is 14.7. The number of imide groups is 1. The molecule has 2 N–H and O–H groups in total. The van der Waals surface area contributed by atoms with Gasteiger partial charge in [0.15, 0.2) is 0 Å². The van der Waals surface area contributed by atoms with Gasteiger partial charge in [-0.3, -0.25) is 14.9 Å². The number of halogens is 1. The van der Waals surface area contributed by atoms with Crippen LogP contribution in [0.25, 0.3) is 0 Å². The van der Waals surface area contributed by atoms with Crippen LogP contribution in [-0.4, -0.2) is 30.9 Å². The van der Waals surface area contributed by atoms with Gasteiger partial charge in [-0.05, 0) is 37.2 Å². The third-order valence-electron chi connectivity index (χ3n) is 3.34. The Labute approximate surface area is 123 Å². The van der Waals surface area contributed by atoms with Gasteiger partial charge >= 0.3 is 0 Å². The summed E-state index contributed by atoms with van der Waals surface area (Å²) in [6.07, 6.45) is 0. The summed E-state index contributed by atoms with van der Waals surface area (Å²) >= 11 is 6.04. The van der Waals surface area contributed by atoms with Crippen LogP contribution in [0, 0.1) is 0 Å². The Hall–Kier alpha value is -1.59. The van der Waals surface area contributed by atoms with Gasteiger partial charge in [-0.15, -0.1) is 0 Å². The van der Waals surface area contributed by atoms with Crippen molar-refractivity contribution < 1.29 is 9.59 Å². The van der Waals surface area contributed by atoms with E-state index in [1.807, 2.05) is 24.0 Å². The number of carbonyl (C=O) groups is 2. The average Bonchev–Trinajstić information content (AvgIpc) is 2.41. The number of rotatable bonds is 4. The number of benzene rings is 1. The predicted molar refractivity (Wildman–Crippen MR) is 78.8 cm³/mol. The molecule has 0 radical (unpaired) electrons. The van der Waals surface area contributed by atoms with Gasteiger partial charge in [0.05, 0.1) is 6.54 Å². The molecule has 1 aliphatic heterocycles. The molecule has 1 aromatic carbocycles. The van der Waals surface area contributed by atoms with Crippen molar-refractivity contribution in [2.45, 2.75) is 26.4 Å². The van der Waals surface area contributed by atoms with Crippen LogP contribution in [0.1, 0.15) is 19.4 Å². The molecule has 0 spiro atoms. The van der Waals surface area contributed by atoms with E-state index in [1.54, 1.807) is 13.0 Å². The van der Waals surface area contributed by atoms with Crippen LogP contribution < -0.4 is 15.5 Å². The molecule has 1 aliphatic rings. The molecule has 0 aromatic heterocycles. The van der Waals surface area contributed by atoms with Gasteiger partial charge in [0.25, 0.3) is 0 Å². The minimum atomic E-state index is -0.380. The maximum Gasteiger partial charge on any atom is 0.249 e. The lowest BCUT2D eigenvalue weighted by molar-refractivity contribution is -0.132. The summed E-state index contributed by atoms with van der Waals surface area (Å²) in [4.78, 5) is 25.2. The molecule has 1 fully saturated rings. The van der Waals surface area contributed by atoms with Gasteiger partial charge in [0.2, 0.25) is 11.8 Å². The van der Waals surface area contributed by atoms with E-state index in [4.69, 9.17) is 11.6 Å². The minimum Gasteiger partial charge on any atom is -0.350 e. The highest BCUT2D eigenvalue weighted by atomic mass is 35.5. The van der Waals surface area contributed by atoms with E-state index >= 15 is 0 Å². The number of amides is 2. The molecule has 2 amide bonds. The first-order chi connectivity index (χ1) is 9.52. The molecule has 2 rings (SSSR count). The molecule has 20 heavy (non-hydrogen) atoms.